The molecule has 2 rings (SSSR count). The van der Waals surface area contributed by atoms with E-state index in [4.69, 9.17) is 20.4 Å². The molecule has 0 aliphatic rings. The minimum atomic E-state index is -1.37. The van der Waals surface area contributed by atoms with E-state index in [1.807, 2.05) is 0 Å². The number of hydrogen-bond acceptors (Lipinski definition) is 6. The zero-order valence-corrected chi connectivity index (χ0v) is 14.2. The summed E-state index contributed by atoms with van der Waals surface area (Å²) >= 11 is 0. The van der Waals surface area contributed by atoms with Crippen LogP contribution in [0.15, 0.2) is 46.6 Å². The van der Waals surface area contributed by atoms with Gasteiger partial charge in [0.05, 0.1) is 33.6 Å². The first kappa shape index (κ1) is 21.5. The van der Waals surface area contributed by atoms with Gasteiger partial charge in [0.2, 0.25) is 0 Å². The summed E-state index contributed by atoms with van der Waals surface area (Å²) < 4.78 is 0. The number of benzene rings is 2. The topological polar surface area (TPSA) is 174 Å². The van der Waals surface area contributed by atoms with Crippen LogP contribution in [-0.4, -0.2) is 44.3 Å². The number of nitrogens with zero attached hydrogens (tertiary/aromatic N) is 2. The molecule has 140 valence electrons. The van der Waals surface area contributed by atoms with Gasteiger partial charge in [0.15, 0.2) is 0 Å². The molecule has 0 atom stereocenters. The summed E-state index contributed by atoms with van der Waals surface area (Å²) in [5.74, 6) is -5.48. The molecule has 0 amide bonds. The maximum Gasteiger partial charge on any atom is 0.335 e. The molecule has 0 radical (unpaired) electrons. The van der Waals surface area contributed by atoms with Crippen LogP contribution in [0.25, 0.3) is 0 Å². The van der Waals surface area contributed by atoms with Gasteiger partial charge in [-0.3, -0.25) is 0 Å². The maximum absolute atomic E-state index is 11.0. The fourth-order valence-corrected chi connectivity index (χ4v) is 1.95. The van der Waals surface area contributed by atoms with Crippen molar-refractivity contribution < 1.29 is 56.7 Å². The number of azo groups is 1. The molecule has 0 saturated carbocycles. The van der Waals surface area contributed by atoms with E-state index in [1.165, 1.54) is 0 Å². The van der Waals surface area contributed by atoms with Crippen molar-refractivity contribution in [2.75, 3.05) is 0 Å². The standard InChI is InChI=1S/C16H10N2O8.Fe/c19-13(20)7-1-8(14(21)22)4-11(3-7)17-18-12-5-9(15(23)24)2-10(6-12)16(25)26;/h1-6H,(H,19,20)(H,21,22)(H,23,24)(H,25,26);. The number of hydrogen-bond donors (Lipinski definition) is 4. The first-order valence-electron chi connectivity index (χ1n) is 6.82. The summed E-state index contributed by atoms with van der Waals surface area (Å²) in [5, 5.41) is 43.4. The molecule has 0 aliphatic carbocycles. The van der Waals surface area contributed by atoms with Crippen LogP contribution < -0.4 is 0 Å². The van der Waals surface area contributed by atoms with Crippen LogP contribution in [0.3, 0.4) is 0 Å². The first-order chi connectivity index (χ1) is 12.2. The number of carbonyl (C=O) groups is 4. The molecule has 0 unspecified atom stereocenters. The first-order valence-corrected chi connectivity index (χ1v) is 6.82. The predicted molar refractivity (Wildman–Crippen MR) is 84.9 cm³/mol. The molecule has 0 saturated heterocycles. The third-order valence-corrected chi connectivity index (χ3v) is 3.10. The Bertz CT molecular complexity index is 829. The second-order valence-corrected chi connectivity index (χ2v) is 4.96. The van der Waals surface area contributed by atoms with E-state index in [0.29, 0.717) is 0 Å². The molecule has 0 bridgehead atoms. The molecule has 0 aromatic heterocycles. The van der Waals surface area contributed by atoms with Gasteiger partial charge in [0.1, 0.15) is 0 Å². The molecule has 0 spiro atoms. The average molecular weight is 414 g/mol. The van der Waals surface area contributed by atoms with Gasteiger partial charge in [0.25, 0.3) is 0 Å². The van der Waals surface area contributed by atoms with Gasteiger partial charge >= 0.3 is 23.9 Å². The van der Waals surface area contributed by atoms with Gasteiger partial charge in [-0.1, -0.05) is 0 Å². The summed E-state index contributed by atoms with van der Waals surface area (Å²) in [7, 11) is 0. The molecule has 0 fully saturated rings. The number of rotatable bonds is 6. The normalized spacial score (nSPS) is 10.2. The Morgan fingerprint density at radius 3 is 0.926 bits per heavy atom. The predicted octanol–water partition coefficient (Wildman–Crippen LogP) is 2.89. The second kappa shape index (κ2) is 8.70. The SMILES string of the molecule is O=C(O)c1cc(N=Nc2cc(C(=O)O)cc(C(=O)O)c2)cc(C(=O)O)c1.[Fe]. The quantitative estimate of drug-likeness (QED) is 0.412. The molecular formula is C16H10FeN2O8. The third kappa shape index (κ3) is 5.46. The van der Waals surface area contributed by atoms with Crippen molar-refractivity contribution in [3.8, 4) is 0 Å². The van der Waals surface area contributed by atoms with Crippen LogP contribution >= 0.6 is 0 Å². The minimum absolute atomic E-state index is 0. The Morgan fingerprint density at radius 2 is 0.741 bits per heavy atom. The van der Waals surface area contributed by atoms with E-state index in [-0.39, 0.29) is 50.7 Å². The van der Waals surface area contributed by atoms with Crippen molar-refractivity contribution in [2.24, 2.45) is 10.2 Å². The monoisotopic (exact) mass is 414 g/mol. The van der Waals surface area contributed by atoms with Gasteiger partial charge in [-0.05, 0) is 36.4 Å². The van der Waals surface area contributed by atoms with Gasteiger partial charge < -0.3 is 20.4 Å². The number of carboxylic acids is 4. The molecular weight excluding hydrogens is 404 g/mol. The Hall–Kier alpha value is -3.56. The van der Waals surface area contributed by atoms with Gasteiger partial charge in [-0.2, -0.15) is 10.2 Å². The van der Waals surface area contributed by atoms with Crippen molar-refractivity contribution in [3.05, 3.63) is 58.7 Å². The number of aromatic carboxylic acids is 4. The van der Waals surface area contributed by atoms with Crippen LogP contribution in [-0.2, 0) is 17.1 Å². The third-order valence-electron chi connectivity index (χ3n) is 3.10. The second-order valence-electron chi connectivity index (χ2n) is 4.96. The molecule has 10 nitrogen and oxygen atoms in total. The Morgan fingerprint density at radius 1 is 0.519 bits per heavy atom. The van der Waals surface area contributed by atoms with E-state index in [2.05, 4.69) is 10.2 Å². The fourth-order valence-electron chi connectivity index (χ4n) is 1.95. The summed E-state index contributed by atoms with van der Waals surface area (Å²) in [6, 6.07) is 6.15. The minimum Gasteiger partial charge on any atom is -0.478 e. The van der Waals surface area contributed by atoms with Crippen molar-refractivity contribution in [2.45, 2.75) is 0 Å². The van der Waals surface area contributed by atoms with Gasteiger partial charge in [0, 0.05) is 17.1 Å². The van der Waals surface area contributed by atoms with Crippen molar-refractivity contribution in [3.63, 3.8) is 0 Å². The summed E-state index contributed by atoms with van der Waals surface area (Å²) in [5.41, 5.74) is -1.54. The molecule has 27 heavy (non-hydrogen) atoms. The number of carboxylic acid groups (broad SMARTS) is 4. The van der Waals surface area contributed by atoms with Crippen LogP contribution in [0.1, 0.15) is 41.4 Å². The van der Waals surface area contributed by atoms with Gasteiger partial charge in [-0.15, -0.1) is 0 Å². The van der Waals surface area contributed by atoms with Gasteiger partial charge in [-0.25, -0.2) is 19.2 Å². The summed E-state index contributed by atoms with van der Waals surface area (Å²) in [6.07, 6.45) is 0. The fraction of sp³-hybridized carbons (Fsp3) is 0. The van der Waals surface area contributed by atoms with Crippen molar-refractivity contribution in [1.29, 1.82) is 0 Å². The van der Waals surface area contributed by atoms with E-state index in [1.54, 1.807) is 0 Å². The zero-order valence-electron chi connectivity index (χ0n) is 13.1. The van der Waals surface area contributed by atoms with E-state index in [0.717, 1.165) is 36.4 Å². The largest absolute Gasteiger partial charge is 0.478 e. The molecule has 11 heteroatoms. The van der Waals surface area contributed by atoms with E-state index in [9.17, 15) is 19.2 Å². The van der Waals surface area contributed by atoms with Crippen LogP contribution in [0.5, 0.6) is 0 Å². The molecule has 0 heterocycles. The molecule has 2 aromatic rings. The molecule has 4 N–H and O–H groups in total. The zero-order chi connectivity index (χ0) is 19.4. The van der Waals surface area contributed by atoms with E-state index >= 15 is 0 Å². The summed E-state index contributed by atoms with van der Waals surface area (Å²) in [4.78, 5) is 44.2. The molecule has 0 aliphatic heterocycles. The van der Waals surface area contributed by atoms with Crippen LogP contribution in [0.4, 0.5) is 11.4 Å². The Kier molecular flexibility index (Phi) is 6.92. The molecule has 2 aromatic carbocycles. The van der Waals surface area contributed by atoms with Crippen LogP contribution in [0, 0.1) is 0 Å². The van der Waals surface area contributed by atoms with Crippen molar-refractivity contribution >= 4 is 35.3 Å². The summed E-state index contributed by atoms with van der Waals surface area (Å²) in [6.45, 7) is 0. The van der Waals surface area contributed by atoms with E-state index < -0.39 is 23.9 Å². The average Bonchev–Trinajstić information content (AvgIpc) is 2.59. The smallest absolute Gasteiger partial charge is 0.335 e. The maximum atomic E-state index is 11.0. The Labute approximate surface area is 161 Å². The van der Waals surface area contributed by atoms with Crippen LogP contribution in [0.2, 0.25) is 0 Å². The Balaban J connectivity index is 0.00000364. The van der Waals surface area contributed by atoms with Crippen molar-refractivity contribution in [1.82, 2.24) is 0 Å².